The number of Topliss-reactive ketones (excluding diaryl/α,β-unsaturated/α-hetero) is 1. The van der Waals surface area contributed by atoms with Crippen molar-refractivity contribution in [1.82, 2.24) is 0 Å². The number of esters is 1. The molecule has 0 fully saturated rings. The minimum Gasteiger partial charge on any atom is -0.454 e. The number of ether oxygens (including phenoxy) is 3. The summed E-state index contributed by atoms with van der Waals surface area (Å²) >= 11 is 0. The van der Waals surface area contributed by atoms with Gasteiger partial charge in [0.05, 0.1) is 0 Å². The summed E-state index contributed by atoms with van der Waals surface area (Å²) in [6.07, 6.45) is 1.42. The zero-order chi connectivity index (χ0) is 18.5. The largest absolute Gasteiger partial charge is 0.454 e. The van der Waals surface area contributed by atoms with Gasteiger partial charge in [0.15, 0.2) is 23.9 Å². The van der Waals surface area contributed by atoms with Gasteiger partial charge in [0.1, 0.15) is 11.6 Å². The lowest BCUT2D eigenvalue weighted by Crippen LogP contribution is -2.15. The highest BCUT2D eigenvalue weighted by Crippen LogP contribution is 2.32. The molecule has 3 rings (SSSR count). The Hall–Kier alpha value is -3.59. The summed E-state index contributed by atoms with van der Waals surface area (Å²) in [7, 11) is 0. The van der Waals surface area contributed by atoms with E-state index in [1.165, 1.54) is 12.1 Å². The molecule has 0 aromatic heterocycles. The number of rotatable bonds is 5. The molecule has 6 heteroatoms. The van der Waals surface area contributed by atoms with Gasteiger partial charge >= 0.3 is 5.97 Å². The van der Waals surface area contributed by atoms with Crippen LogP contribution in [0, 0.1) is 18.3 Å². The molecule has 0 saturated carbocycles. The average molecular weight is 349 g/mol. The van der Waals surface area contributed by atoms with Crippen LogP contribution in [0.3, 0.4) is 0 Å². The smallest absolute Gasteiger partial charge is 0.349 e. The van der Waals surface area contributed by atoms with Gasteiger partial charge in [-0.05, 0) is 36.8 Å². The number of hydrogen-bond donors (Lipinski definition) is 0. The van der Waals surface area contributed by atoms with Crippen LogP contribution in [-0.4, -0.2) is 25.2 Å². The second kappa shape index (κ2) is 7.53. The van der Waals surface area contributed by atoms with Crippen molar-refractivity contribution < 1.29 is 23.8 Å². The second-order valence-corrected chi connectivity index (χ2v) is 5.65. The number of aryl methyl sites for hydroxylation is 1. The van der Waals surface area contributed by atoms with E-state index in [-0.39, 0.29) is 12.4 Å². The van der Waals surface area contributed by atoms with Crippen molar-refractivity contribution in [2.24, 2.45) is 0 Å². The van der Waals surface area contributed by atoms with Crippen LogP contribution in [0.5, 0.6) is 11.5 Å². The predicted octanol–water partition coefficient (Wildman–Crippen LogP) is 3.06. The lowest BCUT2D eigenvalue weighted by molar-refractivity contribution is -0.137. The van der Waals surface area contributed by atoms with E-state index in [9.17, 15) is 9.59 Å². The van der Waals surface area contributed by atoms with Crippen molar-refractivity contribution in [1.29, 1.82) is 5.26 Å². The first-order chi connectivity index (χ1) is 12.6. The zero-order valence-corrected chi connectivity index (χ0v) is 14.0. The third kappa shape index (κ3) is 3.90. The van der Waals surface area contributed by atoms with Crippen LogP contribution >= 0.6 is 0 Å². The van der Waals surface area contributed by atoms with Crippen LogP contribution in [0.1, 0.15) is 21.5 Å². The van der Waals surface area contributed by atoms with Gasteiger partial charge < -0.3 is 14.2 Å². The van der Waals surface area contributed by atoms with E-state index in [1.807, 2.05) is 19.1 Å². The number of benzene rings is 2. The molecule has 0 bridgehead atoms. The van der Waals surface area contributed by atoms with E-state index in [4.69, 9.17) is 19.5 Å². The molecule has 0 atom stereocenters. The fourth-order valence-electron chi connectivity index (χ4n) is 2.33. The molecular weight excluding hydrogens is 334 g/mol. The number of hydrogen-bond acceptors (Lipinski definition) is 6. The Bertz CT molecular complexity index is 922. The maximum Gasteiger partial charge on any atom is 0.349 e. The van der Waals surface area contributed by atoms with Gasteiger partial charge in [-0.3, -0.25) is 4.79 Å². The molecule has 1 heterocycles. The summed E-state index contributed by atoms with van der Waals surface area (Å²) in [6.45, 7) is 1.58. The molecule has 2 aromatic carbocycles. The van der Waals surface area contributed by atoms with E-state index in [0.29, 0.717) is 22.6 Å². The van der Waals surface area contributed by atoms with Crippen molar-refractivity contribution in [2.75, 3.05) is 13.4 Å². The first-order valence-electron chi connectivity index (χ1n) is 7.85. The van der Waals surface area contributed by atoms with Crippen molar-refractivity contribution in [3.63, 3.8) is 0 Å². The van der Waals surface area contributed by atoms with Crippen molar-refractivity contribution >= 4 is 17.8 Å². The second-order valence-electron chi connectivity index (χ2n) is 5.65. The monoisotopic (exact) mass is 349 g/mol. The van der Waals surface area contributed by atoms with Crippen LogP contribution in [0.2, 0.25) is 0 Å². The summed E-state index contributed by atoms with van der Waals surface area (Å²) < 4.78 is 15.4. The molecule has 0 unspecified atom stereocenters. The van der Waals surface area contributed by atoms with Gasteiger partial charge in [-0.2, -0.15) is 5.26 Å². The summed E-state index contributed by atoms with van der Waals surface area (Å²) in [6, 6.07) is 13.8. The van der Waals surface area contributed by atoms with Gasteiger partial charge in [-0.25, -0.2) is 4.79 Å². The third-order valence-corrected chi connectivity index (χ3v) is 3.76. The van der Waals surface area contributed by atoms with Gasteiger partial charge in [0.2, 0.25) is 6.79 Å². The lowest BCUT2D eigenvalue weighted by atomic mass is 10.1. The van der Waals surface area contributed by atoms with Crippen molar-refractivity contribution in [3.8, 4) is 17.6 Å². The number of nitriles is 1. The normalized spacial score (nSPS) is 12.4. The van der Waals surface area contributed by atoms with E-state index in [1.54, 1.807) is 30.3 Å². The minimum atomic E-state index is -0.845. The highest BCUT2D eigenvalue weighted by Gasteiger charge is 2.18. The highest BCUT2D eigenvalue weighted by molar-refractivity contribution is 6.02. The first-order valence-corrected chi connectivity index (χ1v) is 7.85. The molecule has 1 aliphatic heterocycles. The summed E-state index contributed by atoms with van der Waals surface area (Å²) in [4.78, 5) is 24.2. The average Bonchev–Trinajstić information content (AvgIpc) is 3.13. The molecule has 0 N–H and O–H groups in total. The topological polar surface area (TPSA) is 85.6 Å². The molecule has 130 valence electrons. The molecule has 0 aliphatic carbocycles. The maximum absolute atomic E-state index is 12.2. The minimum absolute atomic E-state index is 0.108. The van der Waals surface area contributed by atoms with Gasteiger partial charge in [-0.1, -0.05) is 29.8 Å². The Balaban J connectivity index is 1.64. The predicted molar refractivity (Wildman–Crippen MR) is 92.6 cm³/mol. The molecule has 0 saturated heterocycles. The number of carbonyl (C=O) groups is 2. The Morgan fingerprint density at radius 1 is 1.15 bits per heavy atom. The third-order valence-electron chi connectivity index (χ3n) is 3.76. The van der Waals surface area contributed by atoms with Crippen LogP contribution in [0.4, 0.5) is 0 Å². The fraction of sp³-hybridized carbons (Fsp3) is 0.150. The van der Waals surface area contributed by atoms with Crippen LogP contribution in [0.25, 0.3) is 6.08 Å². The Labute approximate surface area is 150 Å². The molecule has 26 heavy (non-hydrogen) atoms. The SMILES string of the molecule is Cc1ccc(/C=C(\C#N)C(=O)OCC(=O)c2ccc3c(c2)OCO3)cc1. The quantitative estimate of drug-likeness (QED) is 0.357. The Morgan fingerprint density at radius 2 is 1.88 bits per heavy atom. The molecular formula is C20H15NO5. The van der Waals surface area contributed by atoms with Crippen LogP contribution in [0.15, 0.2) is 48.0 Å². The molecule has 0 radical (unpaired) electrons. The van der Waals surface area contributed by atoms with E-state index in [2.05, 4.69) is 0 Å². The standard InChI is InChI=1S/C20H15NO5/c1-13-2-4-14(5-3-13)8-16(10-21)20(23)24-11-17(22)15-6-7-18-19(9-15)26-12-25-18/h2-9H,11-12H2,1H3/b16-8+. The zero-order valence-electron chi connectivity index (χ0n) is 14.0. The highest BCUT2D eigenvalue weighted by atomic mass is 16.7. The fourth-order valence-corrected chi connectivity index (χ4v) is 2.33. The van der Waals surface area contributed by atoms with Crippen molar-refractivity contribution in [3.05, 3.63) is 64.7 Å². The number of ketones is 1. The summed E-state index contributed by atoms with van der Waals surface area (Å²) in [5.74, 6) is -0.211. The number of nitrogens with zero attached hydrogens (tertiary/aromatic N) is 1. The van der Waals surface area contributed by atoms with Crippen LogP contribution in [-0.2, 0) is 9.53 Å². The van der Waals surface area contributed by atoms with Gasteiger partial charge in [-0.15, -0.1) is 0 Å². The first kappa shape index (κ1) is 17.2. The van der Waals surface area contributed by atoms with Crippen molar-refractivity contribution in [2.45, 2.75) is 6.92 Å². The molecule has 6 nitrogen and oxygen atoms in total. The summed E-state index contributed by atoms with van der Waals surface area (Å²) in [5.41, 5.74) is 1.93. The Kier molecular flexibility index (Phi) is 4.99. The van der Waals surface area contributed by atoms with E-state index >= 15 is 0 Å². The molecule has 0 amide bonds. The molecule has 2 aromatic rings. The summed E-state index contributed by atoms with van der Waals surface area (Å²) in [5, 5.41) is 9.17. The Morgan fingerprint density at radius 3 is 2.62 bits per heavy atom. The number of fused-ring (bicyclic) bond motifs is 1. The van der Waals surface area contributed by atoms with Gasteiger partial charge in [0, 0.05) is 5.56 Å². The molecule has 1 aliphatic rings. The number of carbonyl (C=O) groups excluding carboxylic acids is 2. The van der Waals surface area contributed by atoms with Crippen LogP contribution < -0.4 is 9.47 Å². The van der Waals surface area contributed by atoms with Gasteiger partial charge in [0.25, 0.3) is 0 Å². The van der Waals surface area contributed by atoms with E-state index < -0.39 is 18.4 Å². The molecule has 0 spiro atoms. The lowest BCUT2D eigenvalue weighted by Gasteiger charge is -2.05. The van der Waals surface area contributed by atoms with E-state index in [0.717, 1.165) is 5.56 Å². The maximum atomic E-state index is 12.2.